The number of esters is 1. The summed E-state index contributed by atoms with van der Waals surface area (Å²) >= 11 is 6.72. The zero-order chi connectivity index (χ0) is 38.8. The number of nitrogens with two attached hydrogens (primary N) is 1. The first kappa shape index (κ1) is 37.5. The monoisotopic (exact) mass is 768 g/mol. The number of halogens is 5. The minimum absolute atomic E-state index is 0.135. The molecule has 3 heterocycles. The molecule has 2 N–H and O–H groups in total. The second kappa shape index (κ2) is 13.5. The topological polar surface area (TPSA) is 134 Å². The van der Waals surface area contributed by atoms with Crippen LogP contribution in [0.25, 0.3) is 22.5 Å². The van der Waals surface area contributed by atoms with Crippen LogP contribution < -0.4 is 5.73 Å². The molecule has 2 fully saturated rings. The number of guanidine groups is 1. The zero-order valence-corrected chi connectivity index (χ0v) is 31.0. The molecule has 0 spiro atoms. The predicted molar refractivity (Wildman–Crippen MR) is 192 cm³/mol. The molecule has 2 aromatic heterocycles. The summed E-state index contributed by atoms with van der Waals surface area (Å²) in [6, 6.07) is 11.0. The van der Waals surface area contributed by atoms with Crippen molar-refractivity contribution in [3.63, 3.8) is 0 Å². The molecule has 1 amide bonds. The Kier molecular flexibility index (Phi) is 9.38. The highest BCUT2D eigenvalue weighted by atomic mass is 35.5. The van der Waals surface area contributed by atoms with Crippen molar-refractivity contribution >= 4 is 29.4 Å². The molecule has 286 valence electrons. The fourth-order valence-corrected chi connectivity index (χ4v) is 7.50. The highest BCUT2D eigenvalue weighted by molar-refractivity contribution is 6.33. The van der Waals surface area contributed by atoms with Crippen LogP contribution in [0, 0.1) is 10.8 Å². The van der Waals surface area contributed by atoms with Crippen molar-refractivity contribution in [1.82, 2.24) is 29.4 Å². The number of aliphatic imine (C=N–C) groups is 1. The highest BCUT2D eigenvalue weighted by Gasteiger charge is 2.60. The predicted octanol–water partition coefficient (Wildman–Crippen LogP) is 8.09. The van der Waals surface area contributed by atoms with Crippen molar-refractivity contribution in [3.8, 4) is 22.5 Å². The van der Waals surface area contributed by atoms with Crippen molar-refractivity contribution in [2.24, 2.45) is 21.6 Å². The van der Waals surface area contributed by atoms with E-state index in [1.807, 2.05) is 20.8 Å². The molecule has 16 heteroatoms. The lowest BCUT2D eigenvalue weighted by Gasteiger charge is -2.35. The van der Waals surface area contributed by atoms with Crippen LogP contribution in [0.2, 0.25) is 5.02 Å². The summed E-state index contributed by atoms with van der Waals surface area (Å²) in [7, 11) is 0. The Morgan fingerprint density at radius 3 is 2.35 bits per heavy atom. The summed E-state index contributed by atoms with van der Waals surface area (Å²) in [4.78, 5) is 38.9. The lowest BCUT2D eigenvalue weighted by molar-refractivity contribution is -0.153. The van der Waals surface area contributed by atoms with E-state index in [-0.39, 0.29) is 31.3 Å². The van der Waals surface area contributed by atoms with Crippen LogP contribution in [0.4, 0.5) is 17.6 Å². The van der Waals surface area contributed by atoms with Gasteiger partial charge < -0.3 is 10.5 Å². The van der Waals surface area contributed by atoms with Crippen LogP contribution in [0.1, 0.15) is 96.0 Å². The van der Waals surface area contributed by atoms with Crippen LogP contribution in [-0.2, 0) is 19.9 Å². The molecular formula is C38H41ClF4N8O3. The van der Waals surface area contributed by atoms with E-state index in [1.54, 1.807) is 47.1 Å². The van der Waals surface area contributed by atoms with Gasteiger partial charge in [0, 0.05) is 22.7 Å². The molecule has 2 aromatic carbocycles. The lowest BCUT2D eigenvalue weighted by Crippen LogP contribution is -2.47. The third kappa shape index (κ3) is 7.09. The number of carbonyl (C=O) groups excluding carboxylic acids is 2. The standard InChI is InChI=1S/C38H41ClF4N8O3/c1-35(2,3)20-38(25-8-5-22(6-9-25)24-17-46-49(18-24)33(40)41)32(53)50(34(44)48-38)29(19-54-30(52)16-37(13-14-37)36(4,42)43)23-7-12-28(39)27(15-23)31-45-21-47-51(31)26-10-11-26/h5-9,12,15,17-18,21,26,29,33H,10-11,13-14,16,19-20H2,1-4H3,(H2,44,48)/t29-,38-/m1/s1. The Morgan fingerprint density at radius 2 is 1.76 bits per heavy atom. The van der Waals surface area contributed by atoms with Gasteiger partial charge in [-0.25, -0.2) is 28.1 Å². The first-order valence-corrected chi connectivity index (χ1v) is 18.1. The number of rotatable bonds is 13. The molecule has 11 nitrogen and oxygen atoms in total. The van der Waals surface area contributed by atoms with E-state index in [0.717, 1.165) is 19.8 Å². The minimum atomic E-state index is -3.07. The van der Waals surface area contributed by atoms with Crippen molar-refractivity contribution in [2.45, 2.75) is 96.3 Å². The molecule has 54 heavy (non-hydrogen) atoms. The third-order valence-corrected chi connectivity index (χ3v) is 10.8. The van der Waals surface area contributed by atoms with E-state index in [2.05, 4.69) is 15.2 Å². The Hall–Kier alpha value is -4.79. The molecule has 0 radical (unpaired) electrons. The zero-order valence-electron chi connectivity index (χ0n) is 30.3. The molecule has 0 saturated heterocycles. The summed E-state index contributed by atoms with van der Waals surface area (Å²) in [6.45, 7) is 3.48. The smallest absolute Gasteiger partial charge is 0.333 e. The van der Waals surface area contributed by atoms with Crippen molar-refractivity contribution in [1.29, 1.82) is 0 Å². The number of aromatic nitrogens is 5. The average Bonchev–Trinajstić information content (AvgIpc) is 3.97. The van der Waals surface area contributed by atoms with Gasteiger partial charge in [0.25, 0.3) is 11.8 Å². The average molecular weight is 769 g/mol. The molecule has 0 bridgehead atoms. The van der Waals surface area contributed by atoms with E-state index in [0.29, 0.717) is 43.3 Å². The number of hydrogen-bond acceptors (Lipinski definition) is 8. The number of alkyl halides is 4. The molecule has 7 rings (SSSR count). The minimum Gasteiger partial charge on any atom is -0.463 e. The van der Waals surface area contributed by atoms with Crippen molar-refractivity contribution < 1.29 is 31.9 Å². The molecule has 2 aliphatic carbocycles. The summed E-state index contributed by atoms with van der Waals surface area (Å²) in [5.74, 6) is -4.00. The fraction of sp³-hybridized carbons (Fsp3) is 0.474. The van der Waals surface area contributed by atoms with Gasteiger partial charge in [-0.15, -0.1) is 0 Å². The molecular weight excluding hydrogens is 728 g/mol. The maximum atomic E-state index is 15.1. The third-order valence-electron chi connectivity index (χ3n) is 10.5. The number of hydrogen-bond donors (Lipinski definition) is 1. The Bertz CT molecular complexity index is 2100. The Labute approximate surface area is 314 Å². The van der Waals surface area contributed by atoms with Gasteiger partial charge in [0.05, 0.1) is 29.7 Å². The highest BCUT2D eigenvalue weighted by Crippen LogP contribution is 2.59. The van der Waals surface area contributed by atoms with Gasteiger partial charge in [-0.1, -0.05) is 62.7 Å². The van der Waals surface area contributed by atoms with Crippen molar-refractivity contribution in [2.75, 3.05) is 6.61 Å². The van der Waals surface area contributed by atoms with Crippen LogP contribution in [0.5, 0.6) is 0 Å². The largest absolute Gasteiger partial charge is 0.463 e. The maximum absolute atomic E-state index is 15.1. The second-order valence-corrected chi connectivity index (χ2v) is 16.3. The molecule has 0 unspecified atom stereocenters. The number of ether oxygens (including phenoxy) is 1. The molecule has 4 aromatic rings. The van der Waals surface area contributed by atoms with E-state index in [4.69, 9.17) is 27.1 Å². The van der Waals surface area contributed by atoms with Gasteiger partial charge in [-0.05, 0) is 73.3 Å². The maximum Gasteiger partial charge on any atom is 0.333 e. The van der Waals surface area contributed by atoms with E-state index in [1.165, 1.54) is 23.6 Å². The molecule has 2 atom stereocenters. The van der Waals surface area contributed by atoms with Gasteiger partial charge in [-0.3, -0.25) is 14.5 Å². The Morgan fingerprint density at radius 1 is 1.06 bits per heavy atom. The van der Waals surface area contributed by atoms with E-state index >= 15 is 4.79 Å². The number of amides is 1. The fourth-order valence-electron chi connectivity index (χ4n) is 7.30. The molecule has 2 saturated carbocycles. The van der Waals surface area contributed by atoms with Gasteiger partial charge in [0.2, 0.25) is 0 Å². The normalized spacial score (nSPS) is 20.4. The van der Waals surface area contributed by atoms with Crippen LogP contribution in [-0.4, -0.2) is 59.8 Å². The first-order chi connectivity index (χ1) is 25.4. The summed E-state index contributed by atoms with van der Waals surface area (Å²) in [5, 5.41) is 8.48. The van der Waals surface area contributed by atoms with Crippen LogP contribution >= 0.6 is 11.6 Å². The lowest BCUT2D eigenvalue weighted by atomic mass is 9.75. The van der Waals surface area contributed by atoms with Gasteiger partial charge in [0.15, 0.2) is 17.3 Å². The van der Waals surface area contributed by atoms with Gasteiger partial charge in [0.1, 0.15) is 12.9 Å². The number of benzene rings is 2. The van der Waals surface area contributed by atoms with E-state index in [9.17, 15) is 22.4 Å². The Balaban J connectivity index is 1.26. The first-order valence-electron chi connectivity index (χ1n) is 17.8. The van der Waals surface area contributed by atoms with Crippen LogP contribution in [0.15, 0.2) is 66.2 Å². The second-order valence-electron chi connectivity index (χ2n) is 15.8. The van der Waals surface area contributed by atoms with Gasteiger partial charge >= 0.3 is 12.5 Å². The summed E-state index contributed by atoms with van der Waals surface area (Å²) < 4.78 is 63.4. The van der Waals surface area contributed by atoms with Crippen LogP contribution in [0.3, 0.4) is 0 Å². The quantitative estimate of drug-likeness (QED) is 0.107. The SMILES string of the molecule is CC(C)(C)C[C@]1(c2ccc(-c3cnn(C(F)F)c3)cc2)N=C(N)N([C@H](COC(=O)CC2(C(C)(F)F)CC2)c2ccc(Cl)c(-c3ncnn3C3CC3)c2)C1=O. The summed E-state index contributed by atoms with van der Waals surface area (Å²) in [6.07, 6.45) is 6.02. The van der Waals surface area contributed by atoms with E-state index < -0.39 is 59.8 Å². The molecule has 3 aliphatic rings. The molecule has 1 aliphatic heterocycles. The van der Waals surface area contributed by atoms with Crippen molar-refractivity contribution in [3.05, 3.63) is 77.3 Å². The van der Waals surface area contributed by atoms with Gasteiger partial charge in [-0.2, -0.15) is 19.0 Å². The summed E-state index contributed by atoms with van der Waals surface area (Å²) in [5.41, 5.74) is 5.81. The number of nitrogens with zero attached hydrogens (tertiary/aromatic N) is 7. The number of carbonyl (C=O) groups is 2.